The van der Waals surface area contributed by atoms with Gasteiger partial charge in [-0.15, -0.1) is 0 Å². The molecule has 136 valence electrons. The maximum Gasteiger partial charge on any atom is 0.243 e. The van der Waals surface area contributed by atoms with Gasteiger partial charge in [0.05, 0.1) is 30.5 Å². The van der Waals surface area contributed by atoms with E-state index in [4.69, 9.17) is 9.47 Å². The number of carbonyl (C=O) groups is 1. The predicted molar refractivity (Wildman–Crippen MR) is 95.1 cm³/mol. The van der Waals surface area contributed by atoms with E-state index in [0.29, 0.717) is 30.0 Å². The molecule has 0 aliphatic carbocycles. The largest absolute Gasteiger partial charge is 0.497 e. The van der Waals surface area contributed by atoms with Crippen LogP contribution < -0.4 is 9.47 Å². The third-order valence-electron chi connectivity index (χ3n) is 4.96. The number of ether oxygens (including phenoxy) is 2. The van der Waals surface area contributed by atoms with Crippen molar-refractivity contribution in [2.24, 2.45) is 0 Å². The van der Waals surface area contributed by atoms with Crippen LogP contribution in [0.5, 0.6) is 11.5 Å². The second-order valence-corrected chi connectivity index (χ2v) is 8.59. The lowest BCUT2D eigenvalue weighted by Crippen LogP contribution is -2.45. The topological polar surface area (TPSA) is 72.9 Å². The molecule has 6 nitrogen and oxygen atoms in total. The van der Waals surface area contributed by atoms with Gasteiger partial charge in [-0.05, 0) is 24.3 Å². The van der Waals surface area contributed by atoms with Crippen molar-refractivity contribution in [3.8, 4) is 11.5 Å². The van der Waals surface area contributed by atoms with E-state index in [9.17, 15) is 13.2 Å². The first-order valence-corrected chi connectivity index (χ1v) is 9.83. The normalized spacial score (nSPS) is 22.9. The van der Waals surface area contributed by atoms with E-state index in [0.717, 1.165) is 0 Å². The quantitative estimate of drug-likeness (QED) is 0.827. The molecule has 0 radical (unpaired) electrons. The third-order valence-corrected chi connectivity index (χ3v) is 6.80. The van der Waals surface area contributed by atoms with Crippen LogP contribution in [-0.2, 0) is 10.0 Å². The monoisotopic (exact) mass is 373 g/mol. The number of benzene rings is 2. The van der Waals surface area contributed by atoms with Gasteiger partial charge in [0.25, 0.3) is 0 Å². The summed E-state index contributed by atoms with van der Waals surface area (Å²) < 4.78 is 38.6. The van der Waals surface area contributed by atoms with Crippen LogP contribution in [0.4, 0.5) is 0 Å². The van der Waals surface area contributed by atoms with Crippen LogP contribution in [0.2, 0.25) is 0 Å². The highest BCUT2D eigenvalue weighted by molar-refractivity contribution is 7.89. The van der Waals surface area contributed by atoms with Crippen molar-refractivity contribution in [1.29, 1.82) is 0 Å². The average Bonchev–Trinajstić information content (AvgIpc) is 3.05. The van der Waals surface area contributed by atoms with Crippen molar-refractivity contribution >= 4 is 15.8 Å². The fourth-order valence-corrected chi connectivity index (χ4v) is 5.15. The summed E-state index contributed by atoms with van der Waals surface area (Å²) in [5.74, 6) is 1.01. The fraction of sp³-hybridized carbons (Fsp3) is 0.316. The Morgan fingerprint density at radius 3 is 2.77 bits per heavy atom. The zero-order valence-electron chi connectivity index (χ0n) is 14.3. The second kappa shape index (κ2) is 6.10. The molecule has 1 fully saturated rings. The van der Waals surface area contributed by atoms with Gasteiger partial charge in [0, 0.05) is 19.0 Å². The Kier molecular flexibility index (Phi) is 4.00. The van der Waals surface area contributed by atoms with Crippen LogP contribution in [0.15, 0.2) is 53.4 Å². The molecule has 26 heavy (non-hydrogen) atoms. The number of carbonyl (C=O) groups excluding carboxylic acids is 1. The average molecular weight is 373 g/mol. The van der Waals surface area contributed by atoms with Crippen LogP contribution in [0.1, 0.15) is 23.2 Å². The highest BCUT2D eigenvalue weighted by atomic mass is 32.2. The number of nitrogens with zero attached hydrogens (tertiary/aromatic N) is 1. The third kappa shape index (κ3) is 2.77. The van der Waals surface area contributed by atoms with Gasteiger partial charge in [-0.25, -0.2) is 8.42 Å². The van der Waals surface area contributed by atoms with Gasteiger partial charge in [-0.3, -0.25) is 4.79 Å². The van der Waals surface area contributed by atoms with Gasteiger partial charge in [0.2, 0.25) is 10.0 Å². The van der Waals surface area contributed by atoms with E-state index in [1.54, 1.807) is 36.4 Å². The Bertz CT molecular complexity index is 971. The highest BCUT2D eigenvalue weighted by Crippen LogP contribution is 2.40. The lowest BCUT2D eigenvalue weighted by Gasteiger charge is -2.34. The first-order chi connectivity index (χ1) is 12.4. The molecule has 2 aliphatic rings. The molecule has 2 heterocycles. The summed E-state index contributed by atoms with van der Waals surface area (Å²) in [5, 5.41) is 0. The van der Waals surface area contributed by atoms with E-state index >= 15 is 0 Å². The highest BCUT2D eigenvalue weighted by Gasteiger charge is 2.48. The van der Waals surface area contributed by atoms with Crippen LogP contribution in [-0.4, -0.2) is 44.3 Å². The Labute approximate surface area is 152 Å². The Morgan fingerprint density at radius 1 is 1.15 bits per heavy atom. The van der Waals surface area contributed by atoms with Crippen molar-refractivity contribution in [1.82, 2.24) is 4.31 Å². The van der Waals surface area contributed by atoms with Crippen molar-refractivity contribution in [3.63, 3.8) is 0 Å². The minimum Gasteiger partial charge on any atom is -0.497 e. The number of fused-ring (bicyclic) bond motifs is 1. The lowest BCUT2D eigenvalue weighted by atomic mass is 9.89. The summed E-state index contributed by atoms with van der Waals surface area (Å²) in [6.07, 6.45) is 0.671. The molecule has 0 bridgehead atoms. The summed E-state index contributed by atoms with van der Waals surface area (Å²) in [4.78, 5) is 12.7. The summed E-state index contributed by atoms with van der Waals surface area (Å²) in [6, 6.07) is 13.5. The van der Waals surface area contributed by atoms with Gasteiger partial charge in [0.15, 0.2) is 5.78 Å². The predicted octanol–water partition coefficient (Wildman–Crippen LogP) is 2.49. The Balaban J connectivity index is 1.62. The molecule has 1 saturated heterocycles. The van der Waals surface area contributed by atoms with E-state index < -0.39 is 15.6 Å². The van der Waals surface area contributed by atoms with Crippen LogP contribution >= 0.6 is 0 Å². The molecule has 2 aliphatic heterocycles. The van der Waals surface area contributed by atoms with E-state index in [-0.39, 0.29) is 23.6 Å². The van der Waals surface area contributed by atoms with Gasteiger partial charge in [-0.1, -0.05) is 18.2 Å². The number of hydrogen-bond acceptors (Lipinski definition) is 5. The lowest BCUT2D eigenvalue weighted by molar-refractivity contribution is 0.0498. The number of methoxy groups -OCH3 is 1. The van der Waals surface area contributed by atoms with Crippen molar-refractivity contribution in [3.05, 3.63) is 54.1 Å². The number of sulfonamides is 1. The summed E-state index contributed by atoms with van der Waals surface area (Å²) in [7, 11) is -2.18. The molecule has 1 spiro atoms. The second-order valence-electron chi connectivity index (χ2n) is 6.65. The molecular weight excluding hydrogens is 354 g/mol. The molecule has 7 heteroatoms. The zero-order chi connectivity index (χ0) is 18.4. The zero-order valence-corrected chi connectivity index (χ0v) is 15.2. The van der Waals surface area contributed by atoms with Gasteiger partial charge >= 0.3 is 0 Å². The fourth-order valence-electron chi connectivity index (χ4n) is 3.59. The molecule has 1 atom stereocenters. The number of Topliss-reactive ketones (excluding diaryl/α,β-unsaturated/α-hetero) is 1. The number of ketones is 1. The molecule has 1 unspecified atom stereocenters. The van der Waals surface area contributed by atoms with E-state index in [1.165, 1.54) is 17.5 Å². The summed E-state index contributed by atoms with van der Waals surface area (Å²) >= 11 is 0. The van der Waals surface area contributed by atoms with Crippen molar-refractivity contribution in [2.45, 2.75) is 23.3 Å². The Hall–Kier alpha value is -2.38. The molecule has 0 saturated carbocycles. The minimum absolute atomic E-state index is 0.00696. The molecule has 0 aromatic heterocycles. The summed E-state index contributed by atoms with van der Waals surface area (Å²) in [5.41, 5.74) is -0.232. The first kappa shape index (κ1) is 17.1. The maximum absolute atomic E-state index is 13.0. The first-order valence-electron chi connectivity index (χ1n) is 8.39. The van der Waals surface area contributed by atoms with Crippen LogP contribution in [0, 0.1) is 0 Å². The van der Waals surface area contributed by atoms with Crippen molar-refractivity contribution < 1.29 is 22.7 Å². The number of para-hydroxylation sites is 1. The van der Waals surface area contributed by atoms with Crippen LogP contribution in [0.3, 0.4) is 0 Å². The van der Waals surface area contributed by atoms with Gasteiger partial charge < -0.3 is 9.47 Å². The van der Waals surface area contributed by atoms with Crippen LogP contribution in [0.25, 0.3) is 0 Å². The molecule has 2 aromatic carbocycles. The standard InChI is InChI=1S/C19H19NO5S/c1-24-14-5-4-6-15(11-14)26(22,23)20-10-9-19(13-20)12-17(21)16-7-2-3-8-18(16)25-19/h2-8,11H,9-10,12-13H2,1H3. The van der Waals surface area contributed by atoms with Crippen molar-refractivity contribution in [2.75, 3.05) is 20.2 Å². The van der Waals surface area contributed by atoms with E-state index in [2.05, 4.69) is 0 Å². The Morgan fingerprint density at radius 2 is 1.96 bits per heavy atom. The van der Waals surface area contributed by atoms with Gasteiger partial charge in [-0.2, -0.15) is 4.31 Å². The van der Waals surface area contributed by atoms with Gasteiger partial charge in [0.1, 0.15) is 17.1 Å². The van der Waals surface area contributed by atoms with E-state index in [1.807, 2.05) is 6.07 Å². The SMILES string of the molecule is COc1cccc(S(=O)(=O)N2CCC3(CC(=O)c4ccccc4O3)C2)c1. The molecule has 4 rings (SSSR count). The number of rotatable bonds is 3. The number of hydrogen-bond donors (Lipinski definition) is 0. The minimum atomic E-state index is -3.68. The maximum atomic E-state index is 13.0. The molecule has 2 aromatic rings. The smallest absolute Gasteiger partial charge is 0.243 e. The molecule has 0 N–H and O–H groups in total. The molecular formula is C19H19NO5S. The summed E-state index contributed by atoms with van der Waals surface area (Å²) in [6.45, 7) is 0.474. The molecule has 0 amide bonds.